The third-order valence-corrected chi connectivity index (χ3v) is 5.19. The van der Waals surface area contributed by atoms with Gasteiger partial charge in [-0.05, 0) is 13.8 Å². The highest BCUT2D eigenvalue weighted by Crippen LogP contribution is 2.30. The van der Waals surface area contributed by atoms with E-state index in [0.29, 0.717) is 25.3 Å². The number of carbonyl (C=O) groups is 2. The number of amides is 2. The highest BCUT2D eigenvalue weighted by atomic mass is 32.2. The molecule has 0 radical (unpaired) electrons. The Morgan fingerprint density at radius 2 is 2.40 bits per heavy atom. The molecule has 0 aliphatic carbocycles. The van der Waals surface area contributed by atoms with Gasteiger partial charge in [0, 0.05) is 24.3 Å². The van der Waals surface area contributed by atoms with E-state index in [1.54, 1.807) is 11.2 Å². The van der Waals surface area contributed by atoms with Crippen molar-refractivity contribution in [3.63, 3.8) is 0 Å². The second kappa shape index (κ2) is 4.80. The molecule has 2 amide bonds. The number of fused-ring (bicyclic) bond motifs is 1. The largest absolute Gasteiger partial charge is 0.364 e. The van der Waals surface area contributed by atoms with Gasteiger partial charge in [-0.15, -0.1) is 11.8 Å². The summed E-state index contributed by atoms with van der Waals surface area (Å²) in [6.07, 6.45) is 2.29. The summed E-state index contributed by atoms with van der Waals surface area (Å²) in [5, 5.41) is 6.74. The lowest BCUT2D eigenvalue weighted by molar-refractivity contribution is -0.137. The van der Waals surface area contributed by atoms with Gasteiger partial charge in [0.2, 0.25) is 11.8 Å². The van der Waals surface area contributed by atoms with E-state index in [1.165, 1.54) is 11.8 Å². The van der Waals surface area contributed by atoms with Crippen molar-refractivity contribution < 1.29 is 14.1 Å². The van der Waals surface area contributed by atoms with Crippen LogP contribution in [0, 0.1) is 0 Å². The first-order valence-corrected chi connectivity index (χ1v) is 7.62. The highest BCUT2D eigenvalue weighted by molar-refractivity contribution is 8.01. The topological polar surface area (TPSA) is 75.4 Å². The number of nitrogens with one attached hydrogen (secondary N) is 1. The summed E-state index contributed by atoms with van der Waals surface area (Å²) in [5.74, 6) is 0.521. The van der Waals surface area contributed by atoms with Crippen LogP contribution in [0.15, 0.2) is 10.8 Å². The number of aromatic nitrogens is 1. The van der Waals surface area contributed by atoms with Crippen LogP contribution in [0.4, 0.5) is 0 Å². The van der Waals surface area contributed by atoms with E-state index in [9.17, 15) is 9.59 Å². The molecule has 1 saturated heterocycles. The Morgan fingerprint density at radius 3 is 3.15 bits per heavy atom. The first-order chi connectivity index (χ1) is 9.47. The molecule has 20 heavy (non-hydrogen) atoms. The van der Waals surface area contributed by atoms with Gasteiger partial charge >= 0.3 is 0 Å². The molecular formula is C13H17N3O3S. The van der Waals surface area contributed by atoms with E-state index in [2.05, 4.69) is 10.5 Å². The molecule has 0 unspecified atom stereocenters. The van der Waals surface area contributed by atoms with Crippen LogP contribution in [0.2, 0.25) is 0 Å². The van der Waals surface area contributed by atoms with E-state index in [4.69, 9.17) is 4.52 Å². The van der Waals surface area contributed by atoms with Crippen molar-refractivity contribution in [1.29, 1.82) is 0 Å². The van der Waals surface area contributed by atoms with Gasteiger partial charge in [-0.25, -0.2) is 0 Å². The predicted octanol–water partition coefficient (Wildman–Crippen LogP) is 0.569. The van der Waals surface area contributed by atoms with Gasteiger partial charge in [-0.1, -0.05) is 5.16 Å². The monoisotopic (exact) mass is 295 g/mol. The zero-order valence-corrected chi connectivity index (χ0v) is 12.3. The summed E-state index contributed by atoms with van der Waals surface area (Å²) in [4.78, 5) is 26.2. The molecule has 1 fully saturated rings. The first kappa shape index (κ1) is 13.5. The molecule has 3 heterocycles. The van der Waals surface area contributed by atoms with Gasteiger partial charge in [0.05, 0.1) is 17.0 Å². The van der Waals surface area contributed by atoms with Crippen LogP contribution < -0.4 is 5.32 Å². The van der Waals surface area contributed by atoms with Crippen molar-refractivity contribution in [3.05, 3.63) is 17.5 Å². The molecule has 7 heteroatoms. The summed E-state index contributed by atoms with van der Waals surface area (Å²) < 4.78 is 4.47. The number of hydrogen-bond donors (Lipinski definition) is 1. The summed E-state index contributed by atoms with van der Waals surface area (Å²) in [6.45, 7) is 4.88. The van der Waals surface area contributed by atoms with Gasteiger partial charge in [0.25, 0.3) is 0 Å². The summed E-state index contributed by atoms with van der Waals surface area (Å²) in [7, 11) is 0. The molecule has 108 valence electrons. The average molecular weight is 295 g/mol. The van der Waals surface area contributed by atoms with Crippen LogP contribution >= 0.6 is 11.8 Å². The van der Waals surface area contributed by atoms with E-state index < -0.39 is 10.8 Å². The molecular weight excluding hydrogens is 278 g/mol. The van der Waals surface area contributed by atoms with E-state index >= 15 is 0 Å². The molecule has 0 spiro atoms. The lowest BCUT2D eigenvalue weighted by atomic mass is 10.1. The smallest absolute Gasteiger partial charge is 0.246 e. The quantitative estimate of drug-likeness (QED) is 0.820. The summed E-state index contributed by atoms with van der Waals surface area (Å²) in [5.41, 5.74) is 1.89. The van der Waals surface area contributed by atoms with Crippen LogP contribution in [0.1, 0.15) is 25.1 Å². The van der Waals surface area contributed by atoms with Gasteiger partial charge in [0.1, 0.15) is 12.3 Å². The van der Waals surface area contributed by atoms with E-state index in [0.717, 1.165) is 11.3 Å². The fourth-order valence-corrected chi connectivity index (χ4v) is 3.41. The van der Waals surface area contributed by atoms with E-state index in [1.807, 2.05) is 13.8 Å². The maximum absolute atomic E-state index is 12.5. The number of thioether (sulfide) groups is 1. The maximum atomic E-state index is 12.5. The summed E-state index contributed by atoms with van der Waals surface area (Å²) >= 11 is 1.53. The van der Waals surface area contributed by atoms with Gasteiger partial charge in [-0.2, -0.15) is 0 Å². The highest BCUT2D eigenvalue weighted by Gasteiger charge is 2.39. The molecule has 0 aromatic carbocycles. The van der Waals surface area contributed by atoms with Crippen molar-refractivity contribution in [1.82, 2.24) is 15.4 Å². The number of carbonyl (C=O) groups excluding carboxylic acids is 2. The Hall–Kier alpha value is -1.50. The van der Waals surface area contributed by atoms with Crippen LogP contribution in [0.5, 0.6) is 0 Å². The van der Waals surface area contributed by atoms with Crippen LogP contribution in [-0.4, -0.2) is 45.0 Å². The molecule has 3 rings (SSSR count). The second-order valence-corrected chi connectivity index (χ2v) is 7.29. The normalized spacial score (nSPS) is 25.0. The molecule has 6 nitrogen and oxygen atoms in total. The van der Waals surface area contributed by atoms with Crippen LogP contribution in [-0.2, 0) is 22.6 Å². The van der Waals surface area contributed by atoms with Crippen molar-refractivity contribution in [2.24, 2.45) is 0 Å². The standard InChI is InChI=1S/C13H17N3O3S/c1-13(2)12(18)14-10(7-20-13)11(17)16-4-3-9-8(5-16)6-19-15-9/h6,10H,3-5,7H2,1-2H3,(H,14,18)/t10-/m1/s1. The first-order valence-electron chi connectivity index (χ1n) is 6.63. The lowest BCUT2D eigenvalue weighted by Gasteiger charge is -2.36. The molecule has 1 atom stereocenters. The number of nitrogens with zero attached hydrogens (tertiary/aromatic N) is 2. The van der Waals surface area contributed by atoms with E-state index in [-0.39, 0.29) is 11.8 Å². The van der Waals surface area contributed by atoms with Gasteiger partial charge in [-0.3, -0.25) is 9.59 Å². The Balaban J connectivity index is 1.67. The number of hydrogen-bond acceptors (Lipinski definition) is 5. The third-order valence-electron chi connectivity index (χ3n) is 3.78. The molecule has 0 bridgehead atoms. The molecule has 2 aliphatic rings. The van der Waals surface area contributed by atoms with Crippen LogP contribution in [0.3, 0.4) is 0 Å². The fourth-order valence-electron chi connectivity index (χ4n) is 2.41. The Morgan fingerprint density at radius 1 is 1.60 bits per heavy atom. The minimum absolute atomic E-state index is 0.0202. The molecule has 1 N–H and O–H groups in total. The Labute approximate surface area is 121 Å². The predicted molar refractivity (Wildman–Crippen MR) is 74.1 cm³/mol. The lowest BCUT2D eigenvalue weighted by Crippen LogP contribution is -2.58. The van der Waals surface area contributed by atoms with Gasteiger partial charge < -0.3 is 14.7 Å². The maximum Gasteiger partial charge on any atom is 0.246 e. The fraction of sp³-hybridized carbons (Fsp3) is 0.615. The zero-order valence-electron chi connectivity index (χ0n) is 11.5. The summed E-state index contributed by atoms with van der Waals surface area (Å²) in [6, 6.07) is -0.429. The number of rotatable bonds is 1. The zero-order chi connectivity index (χ0) is 14.3. The molecule has 1 aromatic heterocycles. The van der Waals surface area contributed by atoms with Crippen molar-refractivity contribution in [2.75, 3.05) is 12.3 Å². The molecule has 1 aromatic rings. The minimum Gasteiger partial charge on any atom is -0.364 e. The van der Waals surface area contributed by atoms with Crippen molar-refractivity contribution in [3.8, 4) is 0 Å². The SMILES string of the molecule is CC1(C)SC[C@H](C(=O)N2CCc3nocc3C2)NC1=O. The Kier molecular flexibility index (Phi) is 3.24. The second-order valence-electron chi connectivity index (χ2n) is 5.64. The minimum atomic E-state index is -0.458. The van der Waals surface area contributed by atoms with Gasteiger partial charge in [0.15, 0.2) is 0 Å². The third kappa shape index (κ3) is 2.30. The van der Waals surface area contributed by atoms with Crippen molar-refractivity contribution >= 4 is 23.6 Å². The molecule has 0 saturated carbocycles. The molecule has 2 aliphatic heterocycles. The average Bonchev–Trinajstić information content (AvgIpc) is 2.88. The van der Waals surface area contributed by atoms with Crippen molar-refractivity contribution in [2.45, 2.75) is 37.6 Å². The van der Waals surface area contributed by atoms with Crippen LogP contribution in [0.25, 0.3) is 0 Å². The Bertz CT molecular complexity index is 555.